The third-order valence-corrected chi connectivity index (χ3v) is 1.28. The van der Waals surface area contributed by atoms with E-state index in [0.29, 0.717) is 5.76 Å². The van der Waals surface area contributed by atoms with Crippen LogP contribution < -0.4 is 0 Å². The summed E-state index contributed by atoms with van der Waals surface area (Å²) in [6.07, 6.45) is 2.76. The molecule has 2 heteroatoms. The summed E-state index contributed by atoms with van der Waals surface area (Å²) in [6.45, 7) is 10.3. The van der Waals surface area contributed by atoms with E-state index in [1.807, 2.05) is 6.92 Å². The summed E-state index contributed by atoms with van der Waals surface area (Å²) in [7, 11) is 0. The van der Waals surface area contributed by atoms with Crippen molar-refractivity contribution in [2.45, 2.75) is 13.8 Å². The van der Waals surface area contributed by atoms with Crippen LogP contribution in [0.2, 0.25) is 0 Å². The van der Waals surface area contributed by atoms with E-state index in [1.165, 1.54) is 0 Å². The van der Waals surface area contributed by atoms with Crippen LogP contribution in [-0.2, 0) is 9.53 Å². The van der Waals surface area contributed by atoms with Crippen molar-refractivity contribution in [3.05, 3.63) is 36.6 Å². The first-order valence-electron chi connectivity index (χ1n) is 3.26. The highest BCUT2D eigenvalue weighted by Crippen LogP contribution is 2.05. The van der Waals surface area contributed by atoms with Crippen molar-refractivity contribution in [3.63, 3.8) is 0 Å². The van der Waals surface area contributed by atoms with Gasteiger partial charge in [-0.2, -0.15) is 0 Å². The lowest BCUT2D eigenvalue weighted by atomic mass is 10.3. The minimum Gasteiger partial charge on any atom is -0.428 e. The maximum absolute atomic E-state index is 10.6. The van der Waals surface area contributed by atoms with E-state index < -0.39 is 5.97 Å². The third-order valence-electron chi connectivity index (χ3n) is 1.28. The first kappa shape index (κ1) is 9.69. The number of hydrogen-bond acceptors (Lipinski definition) is 2. The molecule has 0 amide bonds. The fourth-order valence-corrected chi connectivity index (χ4v) is 0.417. The molecule has 0 aromatic carbocycles. The average Bonchev–Trinajstić information content (AvgIpc) is 2.02. The van der Waals surface area contributed by atoms with Gasteiger partial charge in [-0.1, -0.05) is 19.2 Å². The van der Waals surface area contributed by atoms with Crippen LogP contribution in [0, 0.1) is 0 Å². The van der Waals surface area contributed by atoms with Crippen LogP contribution in [0.5, 0.6) is 0 Å². The normalized spacial score (nSPS) is 11.5. The van der Waals surface area contributed by atoms with Gasteiger partial charge in [-0.15, -0.1) is 0 Å². The molecule has 0 aromatic heterocycles. The van der Waals surface area contributed by atoms with Crippen LogP contribution in [0.1, 0.15) is 13.8 Å². The SMILES string of the molecule is C=CC(=O)O/C(C)=C(\C)C=C. The van der Waals surface area contributed by atoms with Crippen LogP contribution in [-0.4, -0.2) is 5.97 Å². The highest BCUT2D eigenvalue weighted by molar-refractivity contribution is 5.82. The first-order valence-corrected chi connectivity index (χ1v) is 3.26. The average molecular weight is 152 g/mol. The van der Waals surface area contributed by atoms with Gasteiger partial charge in [0.15, 0.2) is 0 Å². The van der Waals surface area contributed by atoms with Gasteiger partial charge in [0.2, 0.25) is 0 Å². The predicted molar refractivity (Wildman–Crippen MR) is 44.9 cm³/mol. The predicted octanol–water partition coefficient (Wildman–Crippen LogP) is 2.20. The van der Waals surface area contributed by atoms with Crippen molar-refractivity contribution in [2.75, 3.05) is 0 Å². The second-order valence-corrected chi connectivity index (χ2v) is 2.07. The van der Waals surface area contributed by atoms with E-state index in [0.717, 1.165) is 11.6 Å². The van der Waals surface area contributed by atoms with Gasteiger partial charge >= 0.3 is 5.97 Å². The zero-order chi connectivity index (χ0) is 8.85. The highest BCUT2D eigenvalue weighted by Gasteiger charge is 1.98. The molecule has 11 heavy (non-hydrogen) atoms. The molecule has 0 radical (unpaired) electrons. The number of hydrogen-bond donors (Lipinski definition) is 0. The number of ether oxygens (including phenoxy) is 1. The number of carbonyl (C=O) groups excluding carboxylic acids is 1. The van der Waals surface area contributed by atoms with Gasteiger partial charge in [0.1, 0.15) is 5.76 Å². The summed E-state index contributed by atoms with van der Waals surface area (Å²) in [5.41, 5.74) is 0.847. The number of esters is 1. The highest BCUT2D eigenvalue weighted by atomic mass is 16.5. The van der Waals surface area contributed by atoms with E-state index in [1.54, 1.807) is 13.0 Å². The lowest BCUT2D eigenvalue weighted by Crippen LogP contribution is -1.98. The summed E-state index contributed by atoms with van der Waals surface area (Å²) < 4.78 is 4.80. The molecule has 0 unspecified atom stereocenters. The van der Waals surface area contributed by atoms with E-state index >= 15 is 0 Å². The number of allylic oxidation sites excluding steroid dienone is 3. The fraction of sp³-hybridized carbons (Fsp3) is 0.222. The Balaban J connectivity index is 4.27. The van der Waals surface area contributed by atoms with Crippen molar-refractivity contribution >= 4 is 5.97 Å². The third kappa shape index (κ3) is 3.40. The van der Waals surface area contributed by atoms with Gasteiger partial charge in [-0.25, -0.2) is 4.79 Å². The molecule has 0 aliphatic rings. The summed E-state index contributed by atoms with van der Waals surface area (Å²) >= 11 is 0. The van der Waals surface area contributed by atoms with E-state index in [-0.39, 0.29) is 0 Å². The minimum atomic E-state index is -0.441. The molecule has 0 aliphatic heterocycles. The molecule has 0 aromatic rings. The van der Waals surface area contributed by atoms with Gasteiger partial charge < -0.3 is 4.74 Å². The lowest BCUT2D eigenvalue weighted by Gasteiger charge is -2.02. The van der Waals surface area contributed by atoms with Crippen molar-refractivity contribution in [3.8, 4) is 0 Å². The quantitative estimate of drug-likeness (QED) is 0.268. The smallest absolute Gasteiger partial charge is 0.335 e. The Bertz CT molecular complexity index is 212. The maximum atomic E-state index is 10.6. The largest absolute Gasteiger partial charge is 0.428 e. The monoisotopic (exact) mass is 152 g/mol. The second kappa shape index (κ2) is 4.50. The Kier molecular flexibility index (Phi) is 3.96. The van der Waals surface area contributed by atoms with Crippen LogP contribution in [0.25, 0.3) is 0 Å². The Hall–Kier alpha value is -1.31. The lowest BCUT2D eigenvalue weighted by molar-refractivity contribution is -0.133. The molecule has 0 saturated heterocycles. The van der Waals surface area contributed by atoms with Crippen molar-refractivity contribution in [1.29, 1.82) is 0 Å². The van der Waals surface area contributed by atoms with Crippen LogP contribution in [0.4, 0.5) is 0 Å². The molecule has 0 N–H and O–H groups in total. The molecule has 60 valence electrons. The van der Waals surface area contributed by atoms with E-state index in [2.05, 4.69) is 13.2 Å². The molecule has 0 heterocycles. The summed E-state index contributed by atoms with van der Waals surface area (Å²) in [4.78, 5) is 10.6. The number of rotatable bonds is 3. The van der Waals surface area contributed by atoms with Crippen molar-refractivity contribution < 1.29 is 9.53 Å². The standard InChI is InChI=1S/C9H12O2/c1-5-7(3)8(4)11-9(10)6-2/h5-6H,1-2H2,3-4H3/b8-7+. The topological polar surface area (TPSA) is 26.3 Å². The van der Waals surface area contributed by atoms with Gasteiger partial charge in [0, 0.05) is 6.08 Å². The summed E-state index contributed by atoms with van der Waals surface area (Å²) in [5.74, 6) is 0.119. The van der Waals surface area contributed by atoms with Crippen LogP contribution in [0.15, 0.2) is 36.6 Å². The minimum absolute atomic E-state index is 0.441. The second-order valence-electron chi connectivity index (χ2n) is 2.07. The Morgan fingerprint density at radius 3 is 2.18 bits per heavy atom. The summed E-state index contributed by atoms with van der Waals surface area (Å²) in [5, 5.41) is 0. The van der Waals surface area contributed by atoms with Crippen molar-refractivity contribution in [2.24, 2.45) is 0 Å². The molecule has 0 spiro atoms. The maximum Gasteiger partial charge on any atom is 0.335 e. The molecular weight excluding hydrogens is 140 g/mol. The molecule has 0 fully saturated rings. The van der Waals surface area contributed by atoms with Crippen molar-refractivity contribution in [1.82, 2.24) is 0 Å². The molecule has 0 atom stereocenters. The summed E-state index contributed by atoms with van der Waals surface area (Å²) in [6, 6.07) is 0. The van der Waals surface area contributed by atoms with Gasteiger partial charge in [0.25, 0.3) is 0 Å². The van der Waals surface area contributed by atoms with E-state index in [9.17, 15) is 4.79 Å². The van der Waals surface area contributed by atoms with Crippen LogP contribution in [0.3, 0.4) is 0 Å². The molecular formula is C9H12O2. The van der Waals surface area contributed by atoms with Gasteiger partial charge in [-0.3, -0.25) is 0 Å². The van der Waals surface area contributed by atoms with Gasteiger partial charge in [-0.05, 0) is 19.4 Å². The van der Waals surface area contributed by atoms with Crippen LogP contribution >= 0.6 is 0 Å². The molecule has 0 rings (SSSR count). The Labute approximate surface area is 66.9 Å². The van der Waals surface area contributed by atoms with E-state index in [4.69, 9.17) is 4.74 Å². The zero-order valence-electron chi connectivity index (χ0n) is 6.89. The number of carbonyl (C=O) groups is 1. The van der Waals surface area contributed by atoms with Gasteiger partial charge in [0.05, 0.1) is 0 Å². The first-order chi connectivity index (χ1) is 5.11. The fourth-order valence-electron chi connectivity index (χ4n) is 0.417. The Morgan fingerprint density at radius 1 is 1.27 bits per heavy atom. The molecule has 2 nitrogen and oxygen atoms in total. The molecule has 0 bridgehead atoms. The molecule has 0 saturated carbocycles. The Morgan fingerprint density at radius 2 is 1.82 bits per heavy atom. The zero-order valence-corrected chi connectivity index (χ0v) is 6.89. The molecule has 0 aliphatic carbocycles.